The molecule has 0 amide bonds. The summed E-state index contributed by atoms with van der Waals surface area (Å²) in [5.41, 5.74) is 1.20. The largest absolute Gasteiger partial charge is 0.316 e. The number of hydrogen-bond donors (Lipinski definition) is 1. The molecule has 3 heteroatoms. The zero-order chi connectivity index (χ0) is 11.9. The van der Waals surface area contributed by atoms with Crippen LogP contribution in [0, 0.1) is 5.92 Å². The van der Waals surface area contributed by atoms with Crippen molar-refractivity contribution < 1.29 is 0 Å². The molecular weight excluding hydrogens is 210 g/mol. The van der Waals surface area contributed by atoms with Crippen molar-refractivity contribution in [1.29, 1.82) is 0 Å². The summed E-state index contributed by atoms with van der Waals surface area (Å²) < 4.78 is 0. The van der Waals surface area contributed by atoms with E-state index in [9.17, 15) is 0 Å². The normalized spacial score (nSPS) is 20.7. The average molecular weight is 233 g/mol. The Balaban J connectivity index is 1.68. The van der Waals surface area contributed by atoms with E-state index in [1.807, 2.05) is 12.3 Å². The molecule has 2 rings (SSSR count). The first kappa shape index (κ1) is 12.5. The van der Waals surface area contributed by atoms with Crippen molar-refractivity contribution in [3.05, 3.63) is 30.1 Å². The molecule has 1 fully saturated rings. The van der Waals surface area contributed by atoms with Gasteiger partial charge in [-0.15, -0.1) is 0 Å². The summed E-state index contributed by atoms with van der Waals surface area (Å²) >= 11 is 0. The zero-order valence-corrected chi connectivity index (χ0v) is 10.7. The van der Waals surface area contributed by atoms with Crippen LogP contribution in [-0.4, -0.2) is 43.1 Å². The lowest BCUT2D eigenvalue weighted by Crippen LogP contribution is -2.37. The maximum absolute atomic E-state index is 4.36. The van der Waals surface area contributed by atoms with Crippen LogP contribution in [0.25, 0.3) is 0 Å². The quantitative estimate of drug-likeness (QED) is 0.836. The third-order valence-corrected chi connectivity index (χ3v) is 3.44. The lowest BCUT2D eigenvalue weighted by molar-refractivity contribution is 0.245. The summed E-state index contributed by atoms with van der Waals surface area (Å²) in [6.45, 7) is 4.70. The molecule has 1 N–H and O–H groups in total. The maximum Gasteiger partial charge on any atom is 0.0416 e. The molecule has 1 aromatic heterocycles. The van der Waals surface area contributed by atoms with Crippen molar-refractivity contribution in [1.82, 2.24) is 15.2 Å². The van der Waals surface area contributed by atoms with Gasteiger partial charge in [0.1, 0.15) is 0 Å². The van der Waals surface area contributed by atoms with Gasteiger partial charge in [0.25, 0.3) is 0 Å². The first-order chi connectivity index (χ1) is 8.34. The Hall–Kier alpha value is -0.930. The molecule has 2 heterocycles. The minimum absolute atomic E-state index is 0.831. The average Bonchev–Trinajstić information content (AvgIpc) is 2.39. The van der Waals surface area contributed by atoms with Gasteiger partial charge < -0.3 is 10.2 Å². The summed E-state index contributed by atoms with van der Waals surface area (Å²) in [5.74, 6) is 0.831. The van der Waals surface area contributed by atoms with E-state index in [1.54, 1.807) is 0 Å². The number of piperidine rings is 1. The van der Waals surface area contributed by atoms with Gasteiger partial charge in [-0.2, -0.15) is 0 Å². The Bertz CT molecular complexity index is 307. The first-order valence-corrected chi connectivity index (χ1v) is 6.64. The smallest absolute Gasteiger partial charge is 0.0416 e. The molecule has 0 saturated carbocycles. The molecule has 1 aliphatic heterocycles. The van der Waals surface area contributed by atoms with E-state index in [1.165, 1.54) is 38.2 Å². The minimum atomic E-state index is 0.831. The fourth-order valence-corrected chi connectivity index (χ4v) is 2.46. The molecule has 1 aliphatic rings. The predicted octanol–water partition coefficient (Wildman–Crippen LogP) is 1.56. The molecule has 1 aromatic rings. The molecular formula is C14H23N3. The van der Waals surface area contributed by atoms with E-state index < -0.39 is 0 Å². The van der Waals surface area contributed by atoms with Crippen molar-refractivity contribution in [2.75, 3.05) is 33.2 Å². The van der Waals surface area contributed by atoms with Crippen LogP contribution in [0.1, 0.15) is 18.5 Å². The summed E-state index contributed by atoms with van der Waals surface area (Å²) in [4.78, 5) is 6.80. The van der Waals surface area contributed by atoms with Crippen molar-refractivity contribution in [3.8, 4) is 0 Å². The number of nitrogens with zero attached hydrogens (tertiary/aromatic N) is 2. The second-order valence-corrected chi connectivity index (χ2v) is 5.05. The van der Waals surface area contributed by atoms with Gasteiger partial charge in [-0.05, 0) is 51.0 Å². The highest BCUT2D eigenvalue weighted by Gasteiger charge is 2.14. The van der Waals surface area contributed by atoms with Crippen LogP contribution in [-0.2, 0) is 6.42 Å². The zero-order valence-electron chi connectivity index (χ0n) is 10.7. The molecule has 3 nitrogen and oxygen atoms in total. The lowest BCUT2D eigenvalue weighted by atomic mass is 9.99. The number of nitrogens with one attached hydrogen (secondary N) is 1. The third-order valence-electron chi connectivity index (χ3n) is 3.44. The summed E-state index contributed by atoms with van der Waals surface area (Å²) in [7, 11) is 2.22. The molecule has 0 bridgehead atoms. The van der Waals surface area contributed by atoms with Crippen LogP contribution in [0.2, 0.25) is 0 Å². The molecule has 0 aliphatic carbocycles. The van der Waals surface area contributed by atoms with Gasteiger partial charge >= 0.3 is 0 Å². The topological polar surface area (TPSA) is 28.2 Å². The molecule has 17 heavy (non-hydrogen) atoms. The molecule has 0 spiro atoms. The van der Waals surface area contributed by atoms with Crippen LogP contribution < -0.4 is 5.32 Å². The second-order valence-electron chi connectivity index (χ2n) is 5.05. The summed E-state index contributed by atoms with van der Waals surface area (Å²) in [6, 6.07) is 6.14. The molecule has 0 aromatic carbocycles. The predicted molar refractivity (Wildman–Crippen MR) is 71.0 cm³/mol. The highest BCUT2D eigenvalue weighted by atomic mass is 15.1. The van der Waals surface area contributed by atoms with E-state index in [0.717, 1.165) is 18.9 Å². The second kappa shape index (κ2) is 6.72. The number of aromatic nitrogens is 1. The third kappa shape index (κ3) is 4.44. The van der Waals surface area contributed by atoms with Crippen molar-refractivity contribution >= 4 is 0 Å². The Kier molecular flexibility index (Phi) is 4.95. The fourth-order valence-electron chi connectivity index (χ4n) is 2.46. The SMILES string of the molecule is CN(CCc1ccccn1)CC1CCCNC1. The highest BCUT2D eigenvalue weighted by molar-refractivity contribution is 5.03. The van der Waals surface area contributed by atoms with Gasteiger partial charge in [-0.3, -0.25) is 4.98 Å². The van der Waals surface area contributed by atoms with E-state index in [-0.39, 0.29) is 0 Å². The van der Waals surface area contributed by atoms with Gasteiger partial charge in [0, 0.05) is 31.4 Å². The minimum Gasteiger partial charge on any atom is -0.316 e. The monoisotopic (exact) mass is 233 g/mol. The first-order valence-electron chi connectivity index (χ1n) is 6.64. The van der Waals surface area contributed by atoms with Crippen molar-refractivity contribution in [2.24, 2.45) is 5.92 Å². The summed E-state index contributed by atoms with van der Waals surface area (Å²) in [5, 5.41) is 3.47. The van der Waals surface area contributed by atoms with Crippen LogP contribution in [0.3, 0.4) is 0 Å². The van der Waals surface area contributed by atoms with Crippen LogP contribution in [0.5, 0.6) is 0 Å². The Morgan fingerprint density at radius 1 is 1.47 bits per heavy atom. The van der Waals surface area contributed by atoms with Gasteiger partial charge in [0.2, 0.25) is 0 Å². The fraction of sp³-hybridized carbons (Fsp3) is 0.643. The van der Waals surface area contributed by atoms with E-state index in [2.05, 4.69) is 34.4 Å². The number of likely N-dealkylation sites (N-methyl/N-ethyl adjacent to an activating group) is 1. The van der Waals surface area contributed by atoms with E-state index >= 15 is 0 Å². The van der Waals surface area contributed by atoms with Crippen molar-refractivity contribution in [2.45, 2.75) is 19.3 Å². The van der Waals surface area contributed by atoms with Gasteiger partial charge in [0.15, 0.2) is 0 Å². The Labute approximate surface area is 104 Å². The number of pyridine rings is 1. The lowest BCUT2D eigenvalue weighted by Gasteiger charge is -2.27. The number of rotatable bonds is 5. The maximum atomic E-state index is 4.36. The van der Waals surface area contributed by atoms with Crippen LogP contribution >= 0.6 is 0 Å². The molecule has 1 saturated heterocycles. The highest BCUT2D eigenvalue weighted by Crippen LogP contribution is 2.11. The van der Waals surface area contributed by atoms with Crippen LogP contribution in [0.15, 0.2) is 24.4 Å². The molecule has 1 unspecified atom stereocenters. The Morgan fingerprint density at radius 3 is 3.12 bits per heavy atom. The summed E-state index contributed by atoms with van der Waals surface area (Å²) in [6.07, 6.45) is 5.64. The van der Waals surface area contributed by atoms with Gasteiger partial charge in [0.05, 0.1) is 0 Å². The molecule has 0 radical (unpaired) electrons. The van der Waals surface area contributed by atoms with Gasteiger partial charge in [-0.1, -0.05) is 6.07 Å². The van der Waals surface area contributed by atoms with Crippen molar-refractivity contribution in [3.63, 3.8) is 0 Å². The Morgan fingerprint density at radius 2 is 2.41 bits per heavy atom. The molecule has 1 atom stereocenters. The number of hydrogen-bond acceptors (Lipinski definition) is 3. The molecule has 94 valence electrons. The van der Waals surface area contributed by atoms with E-state index in [4.69, 9.17) is 0 Å². The van der Waals surface area contributed by atoms with Crippen LogP contribution in [0.4, 0.5) is 0 Å². The standard InChI is InChI=1S/C14H23N3/c1-17(12-13-5-4-8-15-11-13)10-7-14-6-2-3-9-16-14/h2-3,6,9,13,15H,4-5,7-8,10-12H2,1H3. The van der Waals surface area contributed by atoms with Gasteiger partial charge in [-0.25, -0.2) is 0 Å². The van der Waals surface area contributed by atoms with E-state index in [0.29, 0.717) is 0 Å².